The number of hydrogen-bond acceptors (Lipinski definition) is 3. The van der Waals surface area contributed by atoms with Crippen LogP contribution in [0.15, 0.2) is 23.0 Å². The van der Waals surface area contributed by atoms with Gasteiger partial charge in [0.15, 0.2) is 0 Å². The molecule has 4 nitrogen and oxygen atoms in total. The lowest BCUT2D eigenvalue weighted by Gasteiger charge is -2.13. The number of nitrogens with zero attached hydrogens (tertiary/aromatic N) is 2. The minimum absolute atomic E-state index is 0.441. The first-order valence-corrected chi connectivity index (χ1v) is 6.96. The molecule has 0 amide bonds. The average molecular weight is 261 g/mol. The van der Waals surface area contributed by atoms with E-state index >= 15 is 0 Å². The largest absolute Gasteiger partial charge is 0.361 e. The Morgan fingerprint density at radius 2 is 2.16 bits per heavy atom. The summed E-state index contributed by atoms with van der Waals surface area (Å²) in [5.74, 6) is 0.909. The van der Waals surface area contributed by atoms with Crippen molar-refractivity contribution in [2.45, 2.75) is 46.7 Å². The SMILES string of the molecule is CCNC(CC)c1ccn(Cc2c(C)noc2C)c1. The summed E-state index contributed by atoms with van der Waals surface area (Å²) in [6.45, 7) is 10.1. The van der Waals surface area contributed by atoms with E-state index in [1.807, 2.05) is 13.8 Å². The van der Waals surface area contributed by atoms with E-state index in [0.29, 0.717) is 6.04 Å². The first-order valence-electron chi connectivity index (χ1n) is 6.96. The van der Waals surface area contributed by atoms with Gasteiger partial charge in [-0.15, -0.1) is 0 Å². The highest BCUT2D eigenvalue weighted by molar-refractivity contribution is 5.23. The summed E-state index contributed by atoms with van der Waals surface area (Å²) in [5, 5.41) is 7.50. The molecule has 0 saturated heterocycles. The first kappa shape index (κ1) is 13.9. The highest BCUT2D eigenvalue weighted by atomic mass is 16.5. The van der Waals surface area contributed by atoms with Crippen molar-refractivity contribution in [1.29, 1.82) is 0 Å². The van der Waals surface area contributed by atoms with E-state index in [-0.39, 0.29) is 0 Å². The molecule has 2 aromatic rings. The second-order valence-electron chi connectivity index (χ2n) is 4.94. The smallest absolute Gasteiger partial charge is 0.138 e. The van der Waals surface area contributed by atoms with Gasteiger partial charge >= 0.3 is 0 Å². The highest BCUT2D eigenvalue weighted by Gasteiger charge is 2.12. The zero-order chi connectivity index (χ0) is 13.8. The number of nitrogens with one attached hydrogen (secondary N) is 1. The third kappa shape index (κ3) is 3.07. The topological polar surface area (TPSA) is 43.0 Å². The van der Waals surface area contributed by atoms with Gasteiger partial charge in [0.1, 0.15) is 5.76 Å². The van der Waals surface area contributed by atoms with Crippen molar-refractivity contribution in [3.05, 3.63) is 41.0 Å². The van der Waals surface area contributed by atoms with Gasteiger partial charge in [0, 0.05) is 24.0 Å². The molecule has 104 valence electrons. The van der Waals surface area contributed by atoms with Crippen LogP contribution < -0.4 is 5.32 Å². The number of rotatable bonds is 6. The first-order chi connectivity index (χ1) is 9.15. The van der Waals surface area contributed by atoms with Crippen LogP contribution in [0.1, 0.15) is 48.9 Å². The Bertz CT molecular complexity index is 508. The van der Waals surface area contributed by atoms with Crippen LogP contribution in [0.3, 0.4) is 0 Å². The van der Waals surface area contributed by atoms with E-state index in [0.717, 1.165) is 31.0 Å². The molecule has 0 bridgehead atoms. The molecule has 0 aliphatic rings. The summed E-state index contributed by atoms with van der Waals surface area (Å²) >= 11 is 0. The zero-order valence-corrected chi connectivity index (χ0v) is 12.2. The fourth-order valence-corrected chi connectivity index (χ4v) is 2.42. The molecule has 0 fully saturated rings. The molecule has 2 rings (SSSR count). The molecule has 0 aliphatic heterocycles. The second-order valence-corrected chi connectivity index (χ2v) is 4.94. The maximum Gasteiger partial charge on any atom is 0.138 e. The Kier molecular flexibility index (Phi) is 4.43. The predicted octanol–water partition coefficient (Wildman–Crippen LogP) is 3.20. The van der Waals surface area contributed by atoms with E-state index in [9.17, 15) is 0 Å². The monoisotopic (exact) mass is 261 g/mol. The fourth-order valence-electron chi connectivity index (χ4n) is 2.42. The van der Waals surface area contributed by atoms with Gasteiger partial charge in [-0.05, 0) is 38.4 Å². The number of aromatic nitrogens is 2. The summed E-state index contributed by atoms with van der Waals surface area (Å²) in [4.78, 5) is 0. The van der Waals surface area contributed by atoms with Crippen LogP contribution in [-0.2, 0) is 6.54 Å². The second kappa shape index (κ2) is 6.06. The minimum Gasteiger partial charge on any atom is -0.361 e. The molecule has 1 N–H and O–H groups in total. The molecule has 1 unspecified atom stereocenters. The minimum atomic E-state index is 0.441. The molecule has 0 saturated carbocycles. The summed E-state index contributed by atoms with van der Waals surface area (Å²) in [7, 11) is 0. The van der Waals surface area contributed by atoms with Gasteiger partial charge in [-0.25, -0.2) is 0 Å². The summed E-state index contributed by atoms with van der Waals surface area (Å²) in [5.41, 5.74) is 3.50. The van der Waals surface area contributed by atoms with Crippen LogP contribution in [0, 0.1) is 13.8 Å². The molecule has 4 heteroatoms. The van der Waals surface area contributed by atoms with Crippen LogP contribution in [-0.4, -0.2) is 16.3 Å². The standard InChI is InChI=1S/C15H23N3O/c1-5-15(16-6-2)13-7-8-18(9-13)10-14-11(3)17-19-12(14)4/h7-9,15-16H,5-6,10H2,1-4H3. The van der Waals surface area contributed by atoms with Crippen molar-refractivity contribution >= 4 is 0 Å². The zero-order valence-electron chi connectivity index (χ0n) is 12.2. The van der Waals surface area contributed by atoms with Gasteiger partial charge < -0.3 is 14.4 Å². The Labute approximate surface area is 114 Å². The van der Waals surface area contributed by atoms with Crippen LogP contribution in [0.25, 0.3) is 0 Å². The van der Waals surface area contributed by atoms with E-state index in [2.05, 4.69) is 47.3 Å². The van der Waals surface area contributed by atoms with Crippen molar-refractivity contribution < 1.29 is 4.52 Å². The molecular weight excluding hydrogens is 238 g/mol. The third-order valence-electron chi connectivity index (χ3n) is 3.56. The molecule has 19 heavy (non-hydrogen) atoms. The summed E-state index contributed by atoms with van der Waals surface area (Å²) in [6, 6.07) is 2.63. The summed E-state index contributed by atoms with van der Waals surface area (Å²) < 4.78 is 7.40. The van der Waals surface area contributed by atoms with Crippen molar-refractivity contribution in [2.24, 2.45) is 0 Å². The quantitative estimate of drug-likeness (QED) is 0.868. The molecule has 0 spiro atoms. The number of hydrogen-bond donors (Lipinski definition) is 1. The van der Waals surface area contributed by atoms with Gasteiger partial charge in [-0.1, -0.05) is 19.0 Å². The normalized spacial score (nSPS) is 12.8. The van der Waals surface area contributed by atoms with E-state index < -0.39 is 0 Å². The molecule has 0 radical (unpaired) electrons. The lowest BCUT2D eigenvalue weighted by atomic mass is 10.1. The fraction of sp³-hybridized carbons (Fsp3) is 0.533. The molecule has 2 heterocycles. The van der Waals surface area contributed by atoms with Gasteiger partial charge in [-0.3, -0.25) is 0 Å². The maximum absolute atomic E-state index is 5.21. The molecule has 2 aromatic heterocycles. The third-order valence-corrected chi connectivity index (χ3v) is 3.56. The van der Waals surface area contributed by atoms with E-state index in [1.54, 1.807) is 0 Å². The van der Waals surface area contributed by atoms with Gasteiger partial charge in [0.05, 0.1) is 12.2 Å². The Hall–Kier alpha value is -1.55. The average Bonchev–Trinajstić information content (AvgIpc) is 2.98. The predicted molar refractivity (Wildman–Crippen MR) is 76.2 cm³/mol. The Morgan fingerprint density at radius 3 is 2.74 bits per heavy atom. The molecular formula is C15H23N3O. The molecule has 0 aliphatic carbocycles. The van der Waals surface area contributed by atoms with E-state index in [4.69, 9.17) is 4.52 Å². The van der Waals surface area contributed by atoms with Crippen molar-refractivity contribution in [3.63, 3.8) is 0 Å². The molecule has 0 aromatic carbocycles. The summed E-state index contributed by atoms with van der Waals surface area (Å²) in [6.07, 6.45) is 5.44. The maximum atomic E-state index is 5.21. The van der Waals surface area contributed by atoms with Crippen LogP contribution in [0.5, 0.6) is 0 Å². The lowest BCUT2D eigenvalue weighted by molar-refractivity contribution is 0.392. The van der Waals surface area contributed by atoms with Gasteiger partial charge in [0.25, 0.3) is 0 Å². The van der Waals surface area contributed by atoms with Crippen LogP contribution in [0.2, 0.25) is 0 Å². The van der Waals surface area contributed by atoms with Crippen molar-refractivity contribution in [1.82, 2.24) is 15.0 Å². The highest BCUT2D eigenvalue weighted by Crippen LogP contribution is 2.19. The van der Waals surface area contributed by atoms with Crippen LogP contribution in [0.4, 0.5) is 0 Å². The van der Waals surface area contributed by atoms with Crippen LogP contribution >= 0.6 is 0 Å². The van der Waals surface area contributed by atoms with E-state index in [1.165, 1.54) is 11.1 Å². The van der Waals surface area contributed by atoms with Crippen molar-refractivity contribution in [3.8, 4) is 0 Å². The Balaban J connectivity index is 2.13. The number of aryl methyl sites for hydroxylation is 2. The lowest BCUT2D eigenvalue weighted by Crippen LogP contribution is -2.19. The van der Waals surface area contributed by atoms with Crippen molar-refractivity contribution in [2.75, 3.05) is 6.54 Å². The van der Waals surface area contributed by atoms with Gasteiger partial charge in [-0.2, -0.15) is 0 Å². The van der Waals surface area contributed by atoms with Gasteiger partial charge in [0.2, 0.25) is 0 Å². The Morgan fingerprint density at radius 1 is 1.37 bits per heavy atom. The molecule has 1 atom stereocenters.